The summed E-state index contributed by atoms with van der Waals surface area (Å²) in [5.74, 6) is -2.29. The normalized spacial score (nSPS) is 26.1. The minimum atomic E-state index is -3.66. The van der Waals surface area contributed by atoms with Gasteiger partial charge in [-0.05, 0) is 12.8 Å². The fourth-order valence-electron chi connectivity index (χ4n) is 1.75. The van der Waals surface area contributed by atoms with Gasteiger partial charge in [0.25, 0.3) is 0 Å². The second kappa shape index (κ2) is 4.59. The maximum absolute atomic E-state index is 11.2. The van der Waals surface area contributed by atoms with Crippen LogP contribution in [0.15, 0.2) is 0 Å². The van der Waals surface area contributed by atoms with Gasteiger partial charge in [-0.1, -0.05) is 6.42 Å². The number of hydrogen-bond acceptors (Lipinski definition) is 4. The summed E-state index contributed by atoms with van der Waals surface area (Å²) in [6, 6.07) is 0.959. The SMILES string of the molecule is N#CCS(=O)(=O)NC1CCCC1C(=O)O. The first-order chi connectivity index (χ1) is 6.96. The molecule has 0 radical (unpaired) electrons. The van der Waals surface area contributed by atoms with Crippen molar-refractivity contribution in [3.8, 4) is 6.07 Å². The molecule has 0 aromatic rings. The van der Waals surface area contributed by atoms with Crippen molar-refractivity contribution in [1.29, 1.82) is 5.26 Å². The maximum Gasteiger partial charge on any atom is 0.308 e. The van der Waals surface area contributed by atoms with Crippen molar-refractivity contribution < 1.29 is 18.3 Å². The third-order valence-electron chi connectivity index (χ3n) is 2.42. The maximum atomic E-state index is 11.2. The van der Waals surface area contributed by atoms with Gasteiger partial charge in [-0.25, -0.2) is 13.1 Å². The monoisotopic (exact) mass is 232 g/mol. The molecule has 0 spiro atoms. The Morgan fingerprint density at radius 3 is 2.73 bits per heavy atom. The molecule has 1 aliphatic rings. The molecule has 6 nitrogen and oxygen atoms in total. The second-order valence-corrected chi connectivity index (χ2v) is 5.27. The van der Waals surface area contributed by atoms with Gasteiger partial charge in [-0.15, -0.1) is 0 Å². The van der Waals surface area contributed by atoms with Gasteiger partial charge >= 0.3 is 5.97 Å². The van der Waals surface area contributed by atoms with Gasteiger partial charge in [0.2, 0.25) is 10.0 Å². The third kappa shape index (κ3) is 3.18. The van der Waals surface area contributed by atoms with E-state index in [1.807, 2.05) is 0 Å². The van der Waals surface area contributed by atoms with Crippen LogP contribution in [0.4, 0.5) is 0 Å². The van der Waals surface area contributed by atoms with Crippen LogP contribution >= 0.6 is 0 Å². The van der Waals surface area contributed by atoms with Gasteiger partial charge in [-0.2, -0.15) is 5.26 Å². The highest BCUT2D eigenvalue weighted by atomic mass is 32.2. The molecule has 15 heavy (non-hydrogen) atoms. The Morgan fingerprint density at radius 1 is 1.53 bits per heavy atom. The summed E-state index contributed by atoms with van der Waals surface area (Å²) in [5, 5.41) is 17.1. The van der Waals surface area contributed by atoms with E-state index in [4.69, 9.17) is 10.4 Å². The Morgan fingerprint density at radius 2 is 2.20 bits per heavy atom. The molecule has 7 heteroatoms. The highest BCUT2D eigenvalue weighted by molar-refractivity contribution is 7.89. The Bertz CT molecular complexity index is 384. The first-order valence-electron chi connectivity index (χ1n) is 4.56. The average Bonchev–Trinajstić information content (AvgIpc) is 2.50. The molecule has 0 amide bonds. The molecule has 0 aromatic carbocycles. The number of hydrogen-bond donors (Lipinski definition) is 2. The van der Waals surface area contributed by atoms with Gasteiger partial charge in [0.1, 0.15) is 0 Å². The van der Waals surface area contributed by atoms with Crippen molar-refractivity contribution in [2.45, 2.75) is 25.3 Å². The summed E-state index contributed by atoms with van der Waals surface area (Å²) < 4.78 is 24.7. The zero-order valence-electron chi connectivity index (χ0n) is 8.01. The fourth-order valence-corrected chi connectivity index (χ4v) is 2.75. The van der Waals surface area contributed by atoms with E-state index in [9.17, 15) is 13.2 Å². The number of nitrogens with one attached hydrogen (secondary N) is 1. The number of carboxylic acids is 1. The zero-order valence-corrected chi connectivity index (χ0v) is 8.83. The lowest BCUT2D eigenvalue weighted by Gasteiger charge is -2.16. The molecule has 0 heterocycles. The van der Waals surface area contributed by atoms with E-state index in [2.05, 4.69) is 4.72 Å². The summed E-state index contributed by atoms with van der Waals surface area (Å²) >= 11 is 0. The highest BCUT2D eigenvalue weighted by Crippen LogP contribution is 2.26. The Balaban J connectivity index is 2.66. The minimum absolute atomic E-state index is 0.481. The van der Waals surface area contributed by atoms with Crippen molar-refractivity contribution in [3.63, 3.8) is 0 Å². The number of carbonyl (C=O) groups is 1. The summed E-state index contributed by atoms with van der Waals surface area (Å²) in [5.41, 5.74) is 0. The predicted molar refractivity (Wildman–Crippen MR) is 51.3 cm³/mol. The fraction of sp³-hybridized carbons (Fsp3) is 0.750. The smallest absolute Gasteiger partial charge is 0.308 e. The quantitative estimate of drug-likeness (QED) is 0.690. The lowest BCUT2D eigenvalue weighted by molar-refractivity contribution is -0.141. The zero-order chi connectivity index (χ0) is 11.5. The first-order valence-corrected chi connectivity index (χ1v) is 6.21. The molecular weight excluding hydrogens is 220 g/mol. The van der Waals surface area contributed by atoms with Crippen LogP contribution in [0.3, 0.4) is 0 Å². The molecule has 1 saturated carbocycles. The number of sulfonamides is 1. The highest BCUT2D eigenvalue weighted by Gasteiger charge is 2.35. The molecular formula is C8H12N2O4S. The van der Waals surface area contributed by atoms with Gasteiger partial charge < -0.3 is 5.11 Å². The van der Waals surface area contributed by atoms with Crippen molar-refractivity contribution in [1.82, 2.24) is 4.72 Å². The van der Waals surface area contributed by atoms with Crippen LogP contribution in [0.5, 0.6) is 0 Å². The van der Waals surface area contributed by atoms with Crippen molar-refractivity contribution in [2.24, 2.45) is 5.92 Å². The van der Waals surface area contributed by atoms with Crippen LogP contribution in [0.2, 0.25) is 0 Å². The van der Waals surface area contributed by atoms with Gasteiger partial charge in [0.05, 0.1) is 12.0 Å². The molecule has 2 N–H and O–H groups in total. The molecule has 0 bridgehead atoms. The minimum Gasteiger partial charge on any atom is -0.481 e. The molecule has 2 atom stereocenters. The van der Waals surface area contributed by atoms with Crippen LogP contribution in [-0.4, -0.2) is 31.3 Å². The third-order valence-corrected chi connectivity index (χ3v) is 3.59. The molecule has 1 aliphatic carbocycles. The summed E-state index contributed by atoms with van der Waals surface area (Å²) in [4.78, 5) is 10.8. The number of nitriles is 1. The van der Waals surface area contributed by atoms with Crippen molar-refractivity contribution in [2.75, 3.05) is 5.75 Å². The van der Waals surface area contributed by atoms with Gasteiger partial charge in [0, 0.05) is 6.04 Å². The molecule has 0 aliphatic heterocycles. The number of carboxylic acid groups (broad SMARTS) is 1. The number of aliphatic carboxylic acids is 1. The summed E-state index contributed by atoms with van der Waals surface area (Å²) in [6.45, 7) is 0. The van der Waals surface area contributed by atoms with Crippen LogP contribution in [-0.2, 0) is 14.8 Å². The Labute approximate surface area is 87.9 Å². The number of nitrogens with zero attached hydrogens (tertiary/aromatic N) is 1. The van der Waals surface area contributed by atoms with Crippen LogP contribution in [0.25, 0.3) is 0 Å². The van der Waals surface area contributed by atoms with Crippen LogP contribution in [0.1, 0.15) is 19.3 Å². The topological polar surface area (TPSA) is 107 Å². The van der Waals surface area contributed by atoms with Crippen molar-refractivity contribution >= 4 is 16.0 Å². The standard InChI is InChI=1S/C8H12N2O4S/c9-4-5-15(13,14)10-7-3-1-2-6(7)8(11)12/h6-7,10H,1-3,5H2,(H,11,12). The summed E-state index contributed by atoms with van der Waals surface area (Å²) in [6.07, 6.45) is 1.69. The lowest BCUT2D eigenvalue weighted by Crippen LogP contribution is -2.40. The van der Waals surface area contributed by atoms with E-state index in [-0.39, 0.29) is 0 Å². The molecule has 0 aromatic heterocycles. The van der Waals surface area contributed by atoms with Crippen LogP contribution < -0.4 is 4.72 Å². The predicted octanol–water partition coefficient (Wildman–Crippen LogP) is -0.317. The Hall–Kier alpha value is -1.13. The van der Waals surface area contributed by atoms with E-state index in [1.165, 1.54) is 6.07 Å². The molecule has 0 saturated heterocycles. The molecule has 1 rings (SSSR count). The van der Waals surface area contributed by atoms with Crippen molar-refractivity contribution in [3.05, 3.63) is 0 Å². The number of rotatable bonds is 4. The molecule has 2 unspecified atom stereocenters. The van der Waals surface area contributed by atoms with E-state index < -0.39 is 33.7 Å². The van der Waals surface area contributed by atoms with Gasteiger partial charge in [0.15, 0.2) is 5.75 Å². The average molecular weight is 232 g/mol. The van der Waals surface area contributed by atoms with E-state index in [0.29, 0.717) is 19.3 Å². The van der Waals surface area contributed by atoms with E-state index in [1.54, 1.807) is 0 Å². The van der Waals surface area contributed by atoms with E-state index >= 15 is 0 Å². The van der Waals surface area contributed by atoms with Crippen LogP contribution in [0, 0.1) is 17.2 Å². The van der Waals surface area contributed by atoms with E-state index in [0.717, 1.165) is 0 Å². The first kappa shape index (κ1) is 11.9. The molecule has 84 valence electrons. The molecule has 1 fully saturated rings. The largest absolute Gasteiger partial charge is 0.481 e. The summed E-state index contributed by atoms with van der Waals surface area (Å²) in [7, 11) is -3.66. The lowest BCUT2D eigenvalue weighted by atomic mass is 10.1. The Kier molecular flexibility index (Phi) is 3.66. The second-order valence-electron chi connectivity index (χ2n) is 3.52. The van der Waals surface area contributed by atoms with Gasteiger partial charge in [-0.3, -0.25) is 4.79 Å².